The molecule has 0 saturated carbocycles. The van der Waals surface area contributed by atoms with E-state index in [4.69, 9.17) is 0 Å². The summed E-state index contributed by atoms with van der Waals surface area (Å²) < 4.78 is 4.46. The fourth-order valence-corrected chi connectivity index (χ4v) is 1.12. The van der Waals surface area contributed by atoms with Gasteiger partial charge in [-0.15, -0.1) is 17.0 Å². The molecule has 0 spiro atoms. The fourth-order valence-electron chi connectivity index (χ4n) is 0.498. The number of hydrogen-bond acceptors (Lipinski definition) is 3. The predicted octanol–water partition coefficient (Wildman–Crippen LogP) is 2.11. The molecule has 0 aliphatic rings. The van der Waals surface area contributed by atoms with Gasteiger partial charge in [0.1, 0.15) is 0 Å². The lowest BCUT2D eigenvalue weighted by molar-refractivity contribution is 0.0601. The molecule has 1 aromatic heterocycles. The van der Waals surface area contributed by atoms with Crippen LogP contribution < -0.4 is 0 Å². The number of esters is 1. The van der Waals surface area contributed by atoms with Crippen molar-refractivity contribution in [2.75, 3.05) is 7.11 Å². The van der Waals surface area contributed by atoms with Gasteiger partial charge in [-0.2, -0.15) is 11.3 Å². The standard InChI is InChI=1S/C6H6O2S.BrH/c1-8-6(7)5-2-3-9-4-5;/h2-4H,1H3;1H. The van der Waals surface area contributed by atoms with Crippen molar-refractivity contribution in [3.63, 3.8) is 0 Å². The summed E-state index contributed by atoms with van der Waals surface area (Å²) in [7, 11) is 1.38. The minimum atomic E-state index is -0.267. The molecule has 1 heterocycles. The van der Waals surface area contributed by atoms with E-state index < -0.39 is 0 Å². The van der Waals surface area contributed by atoms with Crippen LogP contribution in [-0.2, 0) is 4.74 Å². The second-order valence-corrected chi connectivity index (χ2v) is 2.28. The summed E-state index contributed by atoms with van der Waals surface area (Å²) in [6.45, 7) is 0. The summed E-state index contributed by atoms with van der Waals surface area (Å²) in [4.78, 5) is 10.7. The van der Waals surface area contributed by atoms with Gasteiger partial charge in [0.15, 0.2) is 0 Å². The van der Waals surface area contributed by atoms with Crippen molar-refractivity contribution in [2.24, 2.45) is 0 Å². The summed E-state index contributed by atoms with van der Waals surface area (Å²) >= 11 is 1.48. The molecule has 0 atom stereocenters. The highest BCUT2D eigenvalue weighted by atomic mass is 79.9. The van der Waals surface area contributed by atoms with Gasteiger partial charge in [0.05, 0.1) is 12.7 Å². The van der Waals surface area contributed by atoms with Crippen LogP contribution in [0.25, 0.3) is 0 Å². The summed E-state index contributed by atoms with van der Waals surface area (Å²) in [6.07, 6.45) is 0. The maximum absolute atomic E-state index is 10.7. The molecule has 0 bridgehead atoms. The smallest absolute Gasteiger partial charge is 0.338 e. The van der Waals surface area contributed by atoms with Crippen LogP contribution >= 0.6 is 28.3 Å². The van der Waals surface area contributed by atoms with Crippen LogP contribution in [0.4, 0.5) is 0 Å². The normalized spacial score (nSPS) is 8.10. The number of hydrogen-bond donors (Lipinski definition) is 0. The number of rotatable bonds is 1. The van der Waals surface area contributed by atoms with Gasteiger partial charge in [-0.3, -0.25) is 0 Å². The number of ether oxygens (including phenoxy) is 1. The molecule has 1 rings (SSSR count). The fraction of sp³-hybridized carbons (Fsp3) is 0.167. The van der Waals surface area contributed by atoms with Crippen LogP contribution in [0.15, 0.2) is 16.8 Å². The zero-order valence-electron chi connectivity index (χ0n) is 5.37. The quantitative estimate of drug-likeness (QED) is 0.681. The van der Waals surface area contributed by atoms with Gasteiger partial charge in [0, 0.05) is 5.38 Å². The van der Waals surface area contributed by atoms with E-state index in [0.29, 0.717) is 5.56 Å². The molecule has 0 aromatic carbocycles. The van der Waals surface area contributed by atoms with Crippen LogP contribution in [0.5, 0.6) is 0 Å². The predicted molar refractivity (Wildman–Crippen MR) is 46.0 cm³/mol. The first kappa shape index (κ1) is 9.65. The van der Waals surface area contributed by atoms with Crippen LogP contribution in [0.1, 0.15) is 10.4 Å². The molecule has 0 saturated heterocycles. The molecule has 0 unspecified atom stereocenters. The lowest BCUT2D eigenvalue weighted by Crippen LogP contribution is -1.97. The van der Waals surface area contributed by atoms with Crippen molar-refractivity contribution < 1.29 is 9.53 Å². The molecule has 0 amide bonds. The van der Waals surface area contributed by atoms with Crippen LogP contribution in [0.3, 0.4) is 0 Å². The van der Waals surface area contributed by atoms with Crippen molar-refractivity contribution >= 4 is 34.3 Å². The first-order valence-electron chi connectivity index (χ1n) is 2.45. The van der Waals surface area contributed by atoms with Gasteiger partial charge < -0.3 is 4.74 Å². The lowest BCUT2D eigenvalue weighted by atomic mass is 10.4. The Morgan fingerprint density at radius 3 is 2.80 bits per heavy atom. The summed E-state index contributed by atoms with van der Waals surface area (Å²) in [6, 6.07) is 1.73. The largest absolute Gasteiger partial charge is 0.465 e. The van der Waals surface area contributed by atoms with Crippen molar-refractivity contribution in [3.8, 4) is 0 Å². The first-order valence-corrected chi connectivity index (χ1v) is 3.39. The molecule has 10 heavy (non-hydrogen) atoms. The third kappa shape index (κ3) is 2.11. The number of methoxy groups -OCH3 is 1. The van der Waals surface area contributed by atoms with E-state index in [1.165, 1.54) is 18.4 Å². The molecule has 56 valence electrons. The number of carbonyl (C=O) groups excluding carboxylic acids is 1. The van der Waals surface area contributed by atoms with Gasteiger partial charge in [0.25, 0.3) is 0 Å². The molecule has 0 aliphatic heterocycles. The number of thiophene rings is 1. The van der Waals surface area contributed by atoms with Gasteiger partial charge in [-0.1, -0.05) is 0 Å². The third-order valence-electron chi connectivity index (χ3n) is 0.942. The highest BCUT2D eigenvalue weighted by molar-refractivity contribution is 8.93. The van der Waals surface area contributed by atoms with E-state index in [-0.39, 0.29) is 23.0 Å². The Bertz CT molecular complexity index is 196. The second kappa shape index (κ2) is 4.46. The molecular weight excluding hydrogens is 216 g/mol. The minimum Gasteiger partial charge on any atom is -0.465 e. The average Bonchev–Trinajstić information content (AvgIpc) is 2.37. The number of halogens is 1. The topological polar surface area (TPSA) is 26.3 Å². The average molecular weight is 223 g/mol. The molecule has 4 heteroatoms. The SMILES string of the molecule is Br.COC(=O)c1ccsc1. The van der Waals surface area contributed by atoms with Crippen LogP contribution in [0.2, 0.25) is 0 Å². The Morgan fingerprint density at radius 2 is 2.40 bits per heavy atom. The summed E-state index contributed by atoms with van der Waals surface area (Å²) in [5.74, 6) is -0.267. The lowest BCUT2D eigenvalue weighted by Gasteiger charge is -1.90. The van der Waals surface area contributed by atoms with E-state index in [2.05, 4.69) is 4.74 Å². The Hall–Kier alpha value is -0.350. The Kier molecular flexibility index (Phi) is 4.31. The van der Waals surface area contributed by atoms with E-state index in [0.717, 1.165) is 0 Å². The molecule has 0 fully saturated rings. The van der Waals surface area contributed by atoms with E-state index in [9.17, 15) is 4.79 Å². The third-order valence-corrected chi connectivity index (χ3v) is 1.63. The zero-order chi connectivity index (χ0) is 6.69. The summed E-state index contributed by atoms with van der Waals surface area (Å²) in [5.41, 5.74) is 0.627. The molecular formula is C6H7BrO2S. The van der Waals surface area contributed by atoms with Crippen molar-refractivity contribution in [2.45, 2.75) is 0 Å². The highest BCUT2D eigenvalue weighted by Gasteiger charge is 2.02. The van der Waals surface area contributed by atoms with E-state index in [1.54, 1.807) is 11.4 Å². The van der Waals surface area contributed by atoms with Crippen molar-refractivity contribution in [1.29, 1.82) is 0 Å². The Balaban J connectivity index is 0.000000810. The molecule has 0 N–H and O–H groups in total. The maximum Gasteiger partial charge on any atom is 0.338 e. The molecule has 2 nitrogen and oxygen atoms in total. The van der Waals surface area contributed by atoms with Crippen LogP contribution in [-0.4, -0.2) is 13.1 Å². The molecule has 1 aromatic rings. The van der Waals surface area contributed by atoms with E-state index >= 15 is 0 Å². The molecule has 0 aliphatic carbocycles. The second-order valence-electron chi connectivity index (χ2n) is 1.50. The first-order chi connectivity index (χ1) is 4.34. The summed E-state index contributed by atoms with van der Waals surface area (Å²) in [5, 5.41) is 3.60. The Labute approximate surface area is 73.6 Å². The molecule has 0 radical (unpaired) electrons. The van der Waals surface area contributed by atoms with Crippen LogP contribution in [0, 0.1) is 0 Å². The van der Waals surface area contributed by atoms with Gasteiger partial charge in [0.2, 0.25) is 0 Å². The zero-order valence-corrected chi connectivity index (χ0v) is 7.89. The van der Waals surface area contributed by atoms with Gasteiger partial charge in [-0.25, -0.2) is 4.79 Å². The van der Waals surface area contributed by atoms with Gasteiger partial charge in [-0.05, 0) is 11.4 Å². The van der Waals surface area contributed by atoms with Gasteiger partial charge >= 0.3 is 5.97 Å². The maximum atomic E-state index is 10.7. The number of carbonyl (C=O) groups is 1. The monoisotopic (exact) mass is 222 g/mol. The van der Waals surface area contributed by atoms with Crippen molar-refractivity contribution in [1.82, 2.24) is 0 Å². The minimum absolute atomic E-state index is 0. The highest BCUT2D eigenvalue weighted by Crippen LogP contribution is 2.06. The van der Waals surface area contributed by atoms with E-state index in [1.807, 2.05) is 5.38 Å². The van der Waals surface area contributed by atoms with Crippen molar-refractivity contribution in [3.05, 3.63) is 22.4 Å². The Morgan fingerprint density at radius 1 is 1.70 bits per heavy atom.